The van der Waals surface area contributed by atoms with Crippen LogP contribution in [-0.4, -0.2) is 40.6 Å². The van der Waals surface area contributed by atoms with E-state index in [1.165, 1.54) is 11.3 Å². The van der Waals surface area contributed by atoms with Crippen LogP contribution in [0.5, 0.6) is 0 Å². The van der Waals surface area contributed by atoms with Gasteiger partial charge in [0, 0.05) is 6.61 Å². The normalized spacial score (nSPS) is 21.8. The number of nitrogens with one attached hydrogen (secondary N) is 3. The monoisotopic (exact) mass is 387 g/mol. The molecule has 2 aromatic rings. The van der Waals surface area contributed by atoms with E-state index >= 15 is 0 Å². The van der Waals surface area contributed by atoms with Crippen molar-refractivity contribution in [1.29, 1.82) is 0 Å². The molecule has 3 amide bonds. The minimum atomic E-state index is -0.976. The first-order valence-corrected chi connectivity index (χ1v) is 9.37. The second-order valence-electron chi connectivity index (χ2n) is 6.26. The Kier molecular flexibility index (Phi) is 4.82. The zero-order valence-electron chi connectivity index (χ0n) is 14.2. The van der Waals surface area contributed by atoms with Crippen LogP contribution in [0.15, 0.2) is 24.3 Å². The minimum Gasteiger partial charge on any atom is -0.371 e. The van der Waals surface area contributed by atoms with E-state index in [0.717, 1.165) is 17.8 Å². The van der Waals surface area contributed by atoms with Crippen LogP contribution in [0.1, 0.15) is 40.7 Å². The summed E-state index contributed by atoms with van der Waals surface area (Å²) in [6, 6.07) is 5.71. The lowest BCUT2D eigenvalue weighted by Gasteiger charge is -2.13. The minimum absolute atomic E-state index is 0.0708. The van der Waals surface area contributed by atoms with Gasteiger partial charge in [0.05, 0.1) is 17.7 Å². The molecule has 2 atom stereocenters. The molecule has 0 aliphatic carbocycles. The molecule has 3 N–H and O–H groups in total. The van der Waals surface area contributed by atoms with Crippen molar-refractivity contribution in [2.24, 2.45) is 0 Å². The van der Waals surface area contributed by atoms with Crippen LogP contribution < -0.4 is 16.0 Å². The Morgan fingerprint density at radius 3 is 2.96 bits per heavy atom. The van der Waals surface area contributed by atoms with Crippen LogP contribution in [0.4, 0.5) is 10.8 Å². The lowest BCUT2D eigenvalue weighted by Crippen LogP contribution is -2.43. The van der Waals surface area contributed by atoms with Gasteiger partial charge in [-0.25, -0.2) is 0 Å². The Labute approximate surface area is 158 Å². The molecule has 0 bridgehead atoms. The molecule has 140 valence electrons. The van der Waals surface area contributed by atoms with Crippen molar-refractivity contribution in [3.8, 4) is 0 Å². The zero-order chi connectivity index (χ0) is 18.8. The highest BCUT2D eigenvalue weighted by Crippen LogP contribution is 2.32. The van der Waals surface area contributed by atoms with Crippen molar-refractivity contribution in [3.63, 3.8) is 0 Å². The van der Waals surface area contributed by atoms with Crippen molar-refractivity contribution in [2.45, 2.75) is 31.4 Å². The molecule has 0 spiro atoms. The van der Waals surface area contributed by atoms with E-state index in [0.29, 0.717) is 23.0 Å². The predicted octanol–water partition coefficient (Wildman–Crippen LogP) is 1.47. The Hall–Kier alpha value is -2.85. The fourth-order valence-electron chi connectivity index (χ4n) is 3.00. The molecule has 0 unspecified atom stereocenters. The van der Waals surface area contributed by atoms with Crippen LogP contribution >= 0.6 is 11.3 Å². The van der Waals surface area contributed by atoms with Gasteiger partial charge in [-0.3, -0.25) is 14.4 Å². The van der Waals surface area contributed by atoms with E-state index in [9.17, 15) is 14.4 Å². The Bertz CT molecular complexity index is 893. The number of ether oxygens (including phenoxy) is 1. The largest absolute Gasteiger partial charge is 0.371 e. The van der Waals surface area contributed by atoms with Crippen LogP contribution in [0, 0.1) is 0 Å². The molecule has 2 aliphatic heterocycles. The number of hydrogen-bond donors (Lipinski definition) is 3. The molecule has 10 heteroatoms. The number of carbonyl (C=O) groups is 3. The predicted molar refractivity (Wildman–Crippen MR) is 97.4 cm³/mol. The quantitative estimate of drug-likeness (QED) is 0.730. The molecule has 0 radical (unpaired) electrons. The van der Waals surface area contributed by atoms with Gasteiger partial charge >= 0.3 is 0 Å². The number of hydrogen-bond acceptors (Lipinski definition) is 7. The van der Waals surface area contributed by atoms with Gasteiger partial charge < -0.3 is 20.7 Å². The standard InChI is InChI=1S/C17H17N5O4S/c23-13(20-17-22-21-16(27-17)12-6-3-7-26-12)8-11-15(25)18-10-5-2-1-4-9(10)14(24)19-11/h1-2,4-5,11-12H,3,6-8H2,(H,18,25)(H,19,24)(H,20,22,23)/t11-,12-/m1/s1. The first-order valence-electron chi connectivity index (χ1n) is 8.56. The topological polar surface area (TPSA) is 122 Å². The van der Waals surface area contributed by atoms with E-state index in [-0.39, 0.29) is 12.5 Å². The molecule has 3 heterocycles. The zero-order valence-corrected chi connectivity index (χ0v) is 15.0. The van der Waals surface area contributed by atoms with Crippen LogP contribution in [0.2, 0.25) is 0 Å². The molecule has 9 nitrogen and oxygen atoms in total. The molecular weight excluding hydrogens is 370 g/mol. The average molecular weight is 387 g/mol. The van der Waals surface area contributed by atoms with Gasteiger partial charge in [-0.15, -0.1) is 10.2 Å². The maximum Gasteiger partial charge on any atom is 0.254 e. The summed E-state index contributed by atoms with van der Waals surface area (Å²) in [5.41, 5.74) is 0.785. The number of aromatic nitrogens is 2. The van der Waals surface area contributed by atoms with Crippen LogP contribution in [0.3, 0.4) is 0 Å². The Morgan fingerprint density at radius 2 is 2.15 bits per heavy atom. The fourth-order valence-corrected chi connectivity index (χ4v) is 3.84. The van der Waals surface area contributed by atoms with E-state index in [1.54, 1.807) is 24.3 Å². The van der Waals surface area contributed by atoms with Crippen LogP contribution in [0.25, 0.3) is 0 Å². The van der Waals surface area contributed by atoms with Crippen molar-refractivity contribution < 1.29 is 19.1 Å². The lowest BCUT2D eigenvalue weighted by molar-refractivity contribution is -0.122. The summed E-state index contributed by atoms with van der Waals surface area (Å²) in [5.74, 6) is -1.28. The molecular formula is C17H17N5O4S. The third-order valence-corrected chi connectivity index (χ3v) is 5.26. The van der Waals surface area contributed by atoms with Gasteiger partial charge in [0.25, 0.3) is 5.91 Å². The highest BCUT2D eigenvalue weighted by Gasteiger charge is 2.30. The van der Waals surface area contributed by atoms with E-state index in [2.05, 4.69) is 26.1 Å². The number of benzene rings is 1. The van der Waals surface area contributed by atoms with Gasteiger partial charge in [0.1, 0.15) is 17.2 Å². The van der Waals surface area contributed by atoms with Crippen LogP contribution in [-0.2, 0) is 14.3 Å². The summed E-state index contributed by atoms with van der Waals surface area (Å²) in [6.07, 6.45) is 1.58. The SMILES string of the molecule is O=C(C[C@H]1NC(=O)c2ccccc2NC1=O)Nc1nnc([C@H]2CCCO2)s1. The second kappa shape index (κ2) is 7.41. The third-order valence-electron chi connectivity index (χ3n) is 4.33. The van der Waals surface area contributed by atoms with Gasteiger partial charge in [-0.2, -0.15) is 0 Å². The number of carbonyl (C=O) groups excluding carboxylic acids is 3. The fraction of sp³-hybridized carbons (Fsp3) is 0.353. The Morgan fingerprint density at radius 1 is 1.30 bits per heavy atom. The number of rotatable bonds is 4. The number of amides is 3. The lowest BCUT2D eigenvalue weighted by atomic mass is 10.1. The van der Waals surface area contributed by atoms with Crippen molar-refractivity contribution >= 4 is 39.9 Å². The molecule has 27 heavy (non-hydrogen) atoms. The van der Waals surface area contributed by atoms with E-state index in [4.69, 9.17) is 4.74 Å². The number of fused-ring (bicyclic) bond motifs is 1. The molecule has 4 rings (SSSR count). The number of para-hydroxylation sites is 1. The molecule has 2 aliphatic rings. The number of anilines is 2. The highest BCUT2D eigenvalue weighted by atomic mass is 32.1. The number of nitrogens with zero attached hydrogens (tertiary/aromatic N) is 2. The van der Waals surface area contributed by atoms with Gasteiger partial charge in [-0.1, -0.05) is 23.5 Å². The summed E-state index contributed by atoms with van der Waals surface area (Å²) in [4.78, 5) is 36.9. The smallest absolute Gasteiger partial charge is 0.254 e. The van der Waals surface area contributed by atoms with E-state index in [1.807, 2.05) is 0 Å². The van der Waals surface area contributed by atoms with Gasteiger partial charge in [0.15, 0.2) is 0 Å². The summed E-state index contributed by atoms with van der Waals surface area (Å²) in [7, 11) is 0. The maximum absolute atomic E-state index is 12.3. The van der Waals surface area contributed by atoms with Crippen molar-refractivity contribution in [1.82, 2.24) is 15.5 Å². The molecule has 1 saturated heterocycles. The summed E-state index contributed by atoms with van der Waals surface area (Å²) in [5, 5.41) is 16.9. The van der Waals surface area contributed by atoms with Crippen molar-refractivity contribution in [3.05, 3.63) is 34.8 Å². The molecule has 1 aromatic heterocycles. The summed E-state index contributed by atoms with van der Waals surface area (Å²) < 4.78 is 5.54. The average Bonchev–Trinajstić information content (AvgIpc) is 3.31. The van der Waals surface area contributed by atoms with Gasteiger partial charge in [0.2, 0.25) is 16.9 Å². The highest BCUT2D eigenvalue weighted by molar-refractivity contribution is 7.15. The molecule has 1 aromatic carbocycles. The Balaban J connectivity index is 1.39. The first kappa shape index (κ1) is 17.6. The second-order valence-corrected chi connectivity index (χ2v) is 7.27. The first-order chi connectivity index (χ1) is 13.1. The summed E-state index contributed by atoms with van der Waals surface area (Å²) >= 11 is 1.25. The van der Waals surface area contributed by atoms with E-state index < -0.39 is 23.8 Å². The third kappa shape index (κ3) is 3.81. The molecule has 1 fully saturated rings. The summed E-state index contributed by atoms with van der Waals surface area (Å²) in [6.45, 7) is 0.699. The van der Waals surface area contributed by atoms with Gasteiger partial charge in [-0.05, 0) is 25.0 Å². The molecule has 0 saturated carbocycles. The maximum atomic E-state index is 12.3. The van der Waals surface area contributed by atoms with Crippen molar-refractivity contribution in [2.75, 3.05) is 17.2 Å².